The average molecular weight is 198 g/mol. The number of nitrogens with two attached hydrogens (primary N) is 1. The van der Waals surface area contributed by atoms with Crippen molar-refractivity contribution in [1.82, 2.24) is 0 Å². The van der Waals surface area contributed by atoms with Gasteiger partial charge in [-0.25, -0.2) is 0 Å². The summed E-state index contributed by atoms with van der Waals surface area (Å²) in [5, 5.41) is 0.628. The summed E-state index contributed by atoms with van der Waals surface area (Å²) in [4.78, 5) is 11.4. The van der Waals surface area contributed by atoms with Crippen LogP contribution in [0, 0.1) is 6.92 Å². The third kappa shape index (κ3) is 2.54. The SMILES string of the molecule is Cc1ccc(C(=O)CCN)cc1Cl. The first-order valence-electron chi connectivity index (χ1n) is 4.14. The predicted octanol–water partition coefficient (Wildman–Crippen LogP) is 2.18. The summed E-state index contributed by atoms with van der Waals surface area (Å²) in [6.45, 7) is 2.28. The lowest BCUT2D eigenvalue weighted by atomic mass is 10.1. The van der Waals surface area contributed by atoms with E-state index in [0.717, 1.165) is 5.56 Å². The van der Waals surface area contributed by atoms with E-state index in [0.29, 0.717) is 23.6 Å². The Morgan fingerprint density at radius 1 is 1.54 bits per heavy atom. The summed E-state index contributed by atoms with van der Waals surface area (Å²) in [6.07, 6.45) is 0.374. The van der Waals surface area contributed by atoms with Crippen molar-refractivity contribution < 1.29 is 4.79 Å². The minimum Gasteiger partial charge on any atom is -0.330 e. The quantitative estimate of drug-likeness (QED) is 0.755. The van der Waals surface area contributed by atoms with Crippen LogP contribution in [0.2, 0.25) is 5.02 Å². The maximum atomic E-state index is 11.4. The largest absolute Gasteiger partial charge is 0.330 e. The molecule has 0 atom stereocenters. The fourth-order valence-corrected chi connectivity index (χ4v) is 1.22. The second-order valence-corrected chi connectivity index (χ2v) is 3.33. The number of aryl methyl sites for hydroxylation is 1. The Bertz CT molecular complexity index is 323. The van der Waals surface area contributed by atoms with E-state index in [2.05, 4.69) is 0 Å². The van der Waals surface area contributed by atoms with Crippen LogP contribution in [0.5, 0.6) is 0 Å². The number of Topliss-reactive ketones (excluding diaryl/α,β-unsaturated/α-hetero) is 1. The van der Waals surface area contributed by atoms with E-state index in [9.17, 15) is 4.79 Å². The molecule has 2 nitrogen and oxygen atoms in total. The van der Waals surface area contributed by atoms with Gasteiger partial charge in [-0.1, -0.05) is 23.7 Å². The molecule has 0 aliphatic carbocycles. The minimum atomic E-state index is 0.0457. The Balaban J connectivity index is 2.90. The van der Waals surface area contributed by atoms with Crippen LogP contribution in [-0.4, -0.2) is 12.3 Å². The summed E-state index contributed by atoms with van der Waals surface area (Å²) in [6, 6.07) is 5.31. The zero-order chi connectivity index (χ0) is 9.84. The van der Waals surface area contributed by atoms with Crippen molar-refractivity contribution in [3.05, 3.63) is 34.3 Å². The zero-order valence-electron chi connectivity index (χ0n) is 7.51. The highest BCUT2D eigenvalue weighted by molar-refractivity contribution is 6.31. The van der Waals surface area contributed by atoms with Crippen molar-refractivity contribution in [3.63, 3.8) is 0 Å². The molecule has 1 aromatic carbocycles. The molecule has 0 fully saturated rings. The van der Waals surface area contributed by atoms with Gasteiger partial charge in [-0.15, -0.1) is 0 Å². The fourth-order valence-electron chi connectivity index (χ4n) is 1.04. The number of rotatable bonds is 3. The molecule has 0 heterocycles. The van der Waals surface area contributed by atoms with E-state index in [-0.39, 0.29) is 5.78 Å². The predicted molar refractivity (Wildman–Crippen MR) is 54.2 cm³/mol. The van der Waals surface area contributed by atoms with E-state index < -0.39 is 0 Å². The number of carbonyl (C=O) groups is 1. The summed E-state index contributed by atoms with van der Waals surface area (Å²) < 4.78 is 0. The molecule has 2 N–H and O–H groups in total. The first-order valence-corrected chi connectivity index (χ1v) is 4.52. The number of carbonyl (C=O) groups excluding carboxylic acids is 1. The van der Waals surface area contributed by atoms with E-state index in [4.69, 9.17) is 17.3 Å². The van der Waals surface area contributed by atoms with Gasteiger partial charge in [0.1, 0.15) is 0 Å². The highest BCUT2D eigenvalue weighted by atomic mass is 35.5. The van der Waals surface area contributed by atoms with Gasteiger partial charge in [-0.2, -0.15) is 0 Å². The second kappa shape index (κ2) is 4.40. The van der Waals surface area contributed by atoms with Crippen molar-refractivity contribution in [3.8, 4) is 0 Å². The van der Waals surface area contributed by atoms with Gasteiger partial charge in [-0.3, -0.25) is 4.79 Å². The van der Waals surface area contributed by atoms with Crippen LogP contribution in [0.1, 0.15) is 22.3 Å². The van der Waals surface area contributed by atoms with Crippen molar-refractivity contribution >= 4 is 17.4 Å². The maximum absolute atomic E-state index is 11.4. The molecule has 1 aromatic rings. The molecule has 70 valence electrons. The Morgan fingerprint density at radius 3 is 2.77 bits per heavy atom. The Morgan fingerprint density at radius 2 is 2.23 bits per heavy atom. The Labute approximate surface area is 82.7 Å². The first-order chi connectivity index (χ1) is 6.15. The summed E-state index contributed by atoms with van der Waals surface area (Å²) in [5.41, 5.74) is 6.90. The molecule has 1 rings (SSSR count). The molecule has 0 aliphatic rings. The van der Waals surface area contributed by atoms with Crippen molar-refractivity contribution in [2.45, 2.75) is 13.3 Å². The Kier molecular flexibility index (Phi) is 3.46. The van der Waals surface area contributed by atoms with Crippen LogP contribution in [0.15, 0.2) is 18.2 Å². The molecule has 0 aromatic heterocycles. The van der Waals surface area contributed by atoms with Gasteiger partial charge in [0.25, 0.3) is 0 Å². The van der Waals surface area contributed by atoms with Crippen molar-refractivity contribution in [2.24, 2.45) is 5.73 Å². The van der Waals surface area contributed by atoms with Crippen molar-refractivity contribution in [2.75, 3.05) is 6.54 Å². The molecular weight excluding hydrogens is 186 g/mol. The summed E-state index contributed by atoms with van der Waals surface area (Å²) in [5.74, 6) is 0.0457. The zero-order valence-corrected chi connectivity index (χ0v) is 8.27. The third-order valence-corrected chi connectivity index (χ3v) is 2.27. The third-order valence-electron chi connectivity index (χ3n) is 1.87. The lowest BCUT2D eigenvalue weighted by Gasteiger charge is -2.01. The molecule has 0 aliphatic heterocycles. The molecule has 0 saturated carbocycles. The summed E-state index contributed by atoms with van der Waals surface area (Å²) >= 11 is 5.87. The fraction of sp³-hybridized carbons (Fsp3) is 0.300. The van der Waals surface area contributed by atoms with Gasteiger partial charge in [0.15, 0.2) is 5.78 Å². The van der Waals surface area contributed by atoms with Gasteiger partial charge in [-0.05, 0) is 25.1 Å². The number of halogens is 1. The number of hydrogen-bond donors (Lipinski definition) is 1. The van der Waals surface area contributed by atoms with Gasteiger partial charge in [0.05, 0.1) is 0 Å². The molecule has 0 amide bonds. The van der Waals surface area contributed by atoms with Crippen LogP contribution < -0.4 is 5.73 Å². The molecule has 0 bridgehead atoms. The Hall–Kier alpha value is -0.860. The van der Waals surface area contributed by atoms with Gasteiger partial charge < -0.3 is 5.73 Å². The number of benzene rings is 1. The molecule has 13 heavy (non-hydrogen) atoms. The highest BCUT2D eigenvalue weighted by Gasteiger charge is 2.05. The first kappa shape index (κ1) is 10.2. The summed E-state index contributed by atoms with van der Waals surface area (Å²) in [7, 11) is 0. The standard InChI is InChI=1S/C10H12ClNO/c1-7-2-3-8(6-9(7)11)10(13)4-5-12/h2-3,6H,4-5,12H2,1H3. The molecule has 0 radical (unpaired) electrons. The molecule has 0 saturated heterocycles. The van der Waals surface area contributed by atoms with Crippen molar-refractivity contribution in [1.29, 1.82) is 0 Å². The van der Waals surface area contributed by atoms with Gasteiger partial charge in [0.2, 0.25) is 0 Å². The second-order valence-electron chi connectivity index (χ2n) is 2.93. The molecule has 0 unspecified atom stereocenters. The highest BCUT2D eigenvalue weighted by Crippen LogP contribution is 2.17. The smallest absolute Gasteiger partial charge is 0.164 e. The molecule has 0 spiro atoms. The van der Waals surface area contributed by atoms with Gasteiger partial charge in [0, 0.05) is 17.0 Å². The number of hydrogen-bond acceptors (Lipinski definition) is 2. The topological polar surface area (TPSA) is 43.1 Å². The lowest BCUT2D eigenvalue weighted by Crippen LogP contribution is -2.08. The van der Waals surface area contributed by atoms with E-state index >= 15 is 0 Å². The van der Waals surface area contributed by atoms with E-state index in [1.807, 2.05) is 13.0 Å². The van der Waals surface area contributed by atoms with Crippen LogP contribution in [0.25, 0.3) is 0 Å². The monoisotopic (exact) mass is 197 g/mol. The normalized spacial score (nSPS) is 10.1. The van der Waals surface area contributed by atoms with Crippen LogP contribution >= 0.6 is 11.6 Å². The minimum absolute atomic E-state index is 0.0457. The molecule has 3 heteroatoms. The molecular formula is C10H12ClNO. The van der Waals surface area contributed by atoms with E-state index in [1.165, 1.54) is 0 Å². The number of ketones is 1. The lowest BCUT2D eigenvalue weighted by molar-refractivity contribution is 0.0985. The van der Waals surface area contributed by atoms with Crippen LogP contribution in [0.3, 0.4) is 0 Å². The maximum Gasteiger partial charge on any atom is 0.164 e. The van der Waals surface area contributed by atoms with Gasteiger partial charge >= 0.3 is 0 Å². The van der Waals surface area contributed by atoms with E-state index in [1.54, 1.807) is 12.1 Å². The van der Waals surface area contributed by atoms with Crippen LogP contribution in [-0.2, 0) is 0 Å². The average Bonchev–Trinajstić information content (AvgIpc) is 2.10. The van der Waals surface area contributed by atoms with Crippen LogP contribution in [0.4, 0.5) is 0 Å².